The van der Waals surface area contributed by atoms with Crippen molar-refractivity contribution in [3.63, 3.8) is 0 Å². The molecular formula is C13H18BrNO. The van der Waals surface area contributed by atoms with E-state index in [2.05, 4.69) is 40.3 Å². The molecule has 1 heterocycles. The topological polar surface area (TPSA) is 21.3 Å². The number of piperidine rings is 1. The minimum Gasteiger partial charge on any atom is -0.495 e. The van der Waals surface area contributed by atoms with E-state index >= 15 is 0 Å². The minimum atomic E-state index is 0.470. The highest BCUT2D eigenvalue weighted by Crippen LogP contribution is 2.37. The van der Waals surface area contributed by atoms with Gasteiger partial charge in [0.05, 0.1) is 11.6 Å². The third-order valence-corrected chi connectivity index (χ3v) is 4.03. The molecule has 1 fully saturated rings. The van der Waals surface area contributed by atoms with Gasteiger partial charge >= 0.3 is 0 Å². The number of ether oxygens (including phenoxy) is 1. The second-order valence-corrected chi connectivity index (χ2v) is 5.11. The molecule has 1 aromatic carbocycles. The first-order valence-corrected chi connectivity index (χ1v) is 6.59. The first-order valence-electron chi connectivity index (χ1n) is 5.80. The van der Waals surface area contributed by atoms with Gasteiger partial charge in [-0.1, -0.05) is 18.6 Å². The van der Waals surface area contributed by atoms with Gasteiger partial charge in [-0.25, -0.2) is 0 Å². The highest BCUT2D eigenvalue weighted by atomic mass is 79.9. The second kappa shape index (κ2) is 5.19. The third-order valence-electron chi connectivity index (χ3n) is 3.21. The molecule has 2 rings (SSSR count). The molecule has 0 radical (unpaired) electrons. The maximum atomic E-state index is 5.43. The molecule has 1 aromatic rings. The average Bonchev–Trinajstić information content (AvgIpc) is 2.31. The predicted octanol–water partition coefficient (Wildman–Crippen LogP) is 3.58. The predicted molar refractivity (Wildman–Crippen MR) is 70.0 cm³/mol. The quantitative estimate of drug-likeness (QED) is 0.896. The summed E-state index contributed by atoms with van der Waals surface area (Å²) >= 11 is 3.66. The van der Waals surface area contributed by atoms with Crippen molar-refractivity contribution in [2.45, 2.75) is 32.2 Å². The van der Waals surface area contributed by atoms with Crippen molar-refractivity contribution in [2.24, 2.45) is 0 Å². The molecule has 2 nitrogen and oxygen atoms in total. The molecular weight excluding hydrogens is 266 g/mol. The molecule has 0 amide bonds. The van der Waals surface area contributed by atoms with Crippen LogP contribution in [0.15, 0.2) is 16.6 Å². The van der Waals surface area contributed by atoms with Gasteiger partial charge in [-0.3, -0.25) is 0 Å². The van der Waals surface area contributed by atoms with Gasteiger partial charge in [0.15, 0.2) is 0 Å². The third kappa shape index (κ3) is 2.25. The molecule has 1 N–H and O–H groups in total. The Balaban J connectivity index is 2.33. The minimum absolute atomic E-state index is 0.470. The van der Waals surface area contributed by atoms with E-state index in [4.69, 9.17) is 4.74 Å². The summed E-state index contributed by atoms with van der Waals surface area (Å²) in [6.07, 6.45) is 3.81. The molecule has 1 atom stereocenters. The van der Waals surface area contributed by atoms with Crippen LogP contribution in [0.3, 0.4) is 0 Å². The number of aryl methyl sites for hydroxylation is 1. The highest BCUT2D eigenvalue weighted by molar-refractivity contribution is 9.10. The molecule has 0 spiro atoms. The van der Waals surface area contributed by atoms with Gasteiger partial charge in [0.1, 0.15) is 5.75 Å². The summed E-state index contributed by atoms with van der Waals surface area (Å²) in [5.41, 5.74) is 2.50. The molecule has 3 heteroatoms. The van der Waals surface area contributed by atoms with Crippen molar-refractivity contribution in [1.29, 1.82) is 0 Å². The Bertz CT molecular complexity index is 372. The van der Waals surface area contributed by atoms with E-state index in [1.807, 2.05) is 0 Å². The van der Waals surface area contributed by atoms with Crippen molar-refractivity contribution in [2.75, 3.05) is 13.7 Å². The van der Waals surface area contributed by atoms with Crippen LogP contribution in [-0.2, 0) is 0 Å². The first kappa shape index (κ1) is 11.9. The Morgan fingerprint density at radius 3 is 2.81 bits per heavy atom. The average molecular weight is 284 g/mol. The van der Waals surface area contributed by atoms with Gasteiger partial charge in [-0.15, -0.1) is 0 Å². The van der Waals surface area contributed by atoms with Crippen LogP contribution in [0.2, 0.25) is 0 Å². The fraction of sp³-hybridized carbons (Fsp3) is 0.538. The van der Waals surface area contributed by atoms with Crippen LogP contribution < -0.4 is 10.1 Å². The van der Waals surface area contributed by atoms with E-state index in [0.717, 1.165) is 16.8 Å². The number of nitrogens with one attached hydrogen (secondary N) is 1. The molecule has 16 heavy (non-hydrogen) atoms. The lowest BCUT2D eigenvalue weighted by atomic mass is 9.96. The smallest absolute Gasteiger partial charge is 0.136 e. The lowest BCUT2D eigenvalue weighted by Crippen LogP contribution is -2.27. The van der Waals surface area contributed by atoms with Crippen molar-refractivity contribution in [3.8, 4) is 5.75 Å². The van der Waals surface area contributed by atoms with Crippen LogP contribution >= 0.6 is 15.9 Å². The van der Waals surface area contributed by atoms with E-state index < -0.39 is 0 Å². The summed E-state index contributed by atoms with van der Waals surface area (Å²) in [4.78, 5) is 0. The second-order valence-electron chi connectivity index (χ2n) is 4.32. The SMILES string of the molecule is COc1c(C)ccc(C2CCCCN2)c1Br. The molecule has 1 unspecified atom stereocenters. The van der Waals surface area contributed by atoms with Crippen molar-refractivity contribution >= 4 is 15.9 Å². The van der Waals surface area contributed by atoms with Crippen molar-refractivity contribution < 1.29 is 4.74 Å². The largest absolute Gasteiger partial charge is 0.495 e. The first-order chi connectivity index (χ1) is 7.74. The summed E-state index contributed by atoms with van der Waals surface area (Å²) < 4.78 is 6.54. The van der Waals surface area contributed by atoms with E-state index in [9.17, 15) is 0 Å². The maximum absolute atomic E-state index is 5.43. The standard InChI is InChI=1S/C13H18BrNO/c1-9-6-7-10(12(14)13(9)16-2)11-5-3-4-8-15-11/h6-7,11,15H,3-5,8H2,1-2H3. The Hall–Kier alpha value is -0.540. The zero-order chi connectivity index (χ0) is 11.5. The number of methoxy groups -OCH3 is 1. The van der Waals surface area contributed by atoms with Crippen LogP contribution in [0.5, 0.6) is 5.75 Å². The fourth-order valence-corrected chi connectivity index (χ4v) is 3.19. The fourth-order valence-electron chi connectivity index (χ4n) is 2.30. The summed E-state index contributed by atoms with van der Waals surface area (Å²) in [5, 5.41) is 3.56. The summed E-state index contributed by atoms with van der Waals surface area (Å²) in [6.45, 7) is 3.19. The Labute approximate surface area is 106 Å². The van der Waals surface area contributed by atoms with Gasteiger partial charge in [-0.2, -0.15) is 0 Å². The maximum Gasteiger partial charge on any atom is 0.136 e. The van der Waals surface area contributed by atoms with Crippen LogP contribution in [0.1, 0.15) is 36.4 Å². The van der Waals surface area contributed by atoms with E-state index in [1.54, 1.807) is 7.11 Å². The normalized spacial score (nSPS) is 20.8. The van der Waals surface area contributed by atoms with Gasteiger partial charge in [0.25, 0.3) is 0 Å². The zero-order valence-electron chi connectivity index (χ0n) is 9.85. The van der Waals surface area contributed by atoms with Gasteiger partial charge in [-0.05, 0) is 53.4 Å². The van der Waals surface area contributed by atoms with Crippen LogP contribution in [0.4, 0.5) is 0 Å². The molecule has 1 saturated heterocycles. The molecule has 0 aromatic heterocycles. The molecule has 1 aliphatic rings. The van der Waals surface area contributed by atoms with E-state index in [-0.39, 0.29) is 0 Å². The molecule has 0 bridgehead atoms. The summed E-state index contributed by atoms with van der Waals surface area (Å²) in [7, 11) is 1.73. The van der Waals surface area contributed by atoms with Crippen molar-refractivity contribution in [1.82, 2.24) is 5.32 Å². The molecule has 0 aliphatic carbocycles. The highest BCUT2D eigenvalue weighted by Gasteiger charge is 2.19. The Morgan fingerprint density at radius 2 is 2.19 bits per heavy atom. The molecule has 0 saturated carbocycles. The van der Waals surface area contributed by atoms with Gasteiger partial charge in [0.2, 0.25) is 0 Å². The summed E-state index contributed by atoms with van der Waals surface area (Å²) in [6, 6.07) is 4.80. The van der Waals surface area contributed by atoms with E-state index in [1.165, 1.54) is 30.4 Å². The van der Waals surface area contributed by atoms with Crippen molar-refractivity contribution in [3.05, 3.63) is 27.7 Å². The Morgan fingerprint density at radius 1 is 1.38 bits per heavy atom. The zero-order valence-corrected chi connectivity index (χ0v) is 11.4. The van der Waals surface area contributed by atoms with Crippen LogP contribution in [0, 0.1) is 6.92 Å². The number of hydrogen-bond donors (Lipinski definition) is 1. The molecule has 88 valence electrons. The number of rotatable bonds is 2. The lowest BCUT2D eigenvalue weighted by molar-refractivity contribution is 0.395. The van der Waals surface area contributed by atoms with Crippen LogP contribution in [0.25, 0.3) is 0 Å². The monoisotopic (exact) mass is 283 g/mol. The van der Waals surface area contributed by atoms with Gasteiger partial charge in [0, 0.05) is 6.04 Å². The van der Waals surface area contributed by atoms with Crippen LogP contribution in [-0.4, -0.2) is 13.7 Å². The van der Waals surface area contributed by atoms with E-state index in [0.29, 0.717) is 6.04 Å². The van der Waals surface area contributed by atoms with Gasteiger partial charge < -0.3 is 10.1 Å². The molecule has 1 aliphatic heterocycles. The number of hydrogen-bond acceptors (Lipinski definition) is 2. The number of benzene rings is 1. The summed E-state index contributed by atoms with van der Waals surface area (Å²) in [5.74, 6) is 0.963. The Kier molecular flexibility index (Phi) is 3.87. The number of halogens is 1. The lowest BCUT2D eigenvalue weighted by Gasteiger charge is -2.25.